The van der Waals surface area contributed by atoms with E-state index in [-0.39, 0.29) is 0 Å². The Kier molecular flexibility index (Phi) is 1.96. The summed E-state index contributed by atoms with van der Waals surface area (Å²) < 4.78 is 10.0. The fourth-order valence-electron chi connectivity index (χ4n) is 0.944. The van der Waals surface area contributed by atoms with Gasteiger partial charge in [0.25, 0.3) is 5.88 Å². The Morgan fingerprint density at radius 3 is 3.00 bits per heavy atom. The van der Waals surface area contributed by atoms with E-state index in [0.717, 1.165) is 5.69 Å². The first-order chi connectivity index (χ1) is 6.36. The molecule has 0 aliphatic carbocycles. The molecule has 2 aromatic heterocycles. The van der Waals surface area contributed by atoms with Gasteiger partial charge in [-0.3, -0.25) is 4.98 Å². The van der Waals surface area contributed by atoms with Crippen molar-refractivity contribution in [1.82, 2.24) is 10.1 Å². The van der Waals surface area contributed by atoms with E-state index < -0.39 is 0 Å². The summed E-state index contributed by atoms with van der Waals surface area (Å²) in [7, 11) is 0. The number of ether oxygens (including phenoxy) is 1. The number of hydrogen-bond acceptors (Lipinski definition) is 4. The predicted molar refractivity (Wildman–Crippen MR) is 45.6 cm³/mol. The van der Waals surface area contributed by atoms with Gasteiger partial charge in [0.15, 0.2) is 5.75 Å². The molecule has 0 unspecified atom stereocenters. The number of rotatable bonds is 2. The zero-order valence-electron chi connectivity index (χ0n) is 7.10. The average molecular weight is 176 g/mol. The second-order valence-electron chi connectivity index (χ2n) is 2.53. The molecular formula is C9H8N2O2. The van der Waals surface area contributed by atoms with E-state index in [9.17, 15) is 0 Å². The summed E-state index contributed by atoms with van der Waals surface area (Å²) in [4.78, 5) is 4.08. The van der Waals surface area contributed by atoms with Crippen molar-refractivity contribution in [2.75, 3.05) is 0 Å². The number of hydrogen-bond donors (Lipinski definition) is 0. The maximum Gasteiger partial charge on any atom is 0.259 e. The lowest BCUT2D eigenvalue weighted by Crippen LogP contribution is -1.88. The van der Waals surface area contributed by atoms with Crippen LogP contribution in [0.5, 0.6) is 11.6 Å². The summed E-state index contributed by atoms with van der Waals surface area (Å²) >= 11 is 0. The van der Waals surface area contributed by atoms with Gasteiger partial charge in [-0.25, -0.2) is 0 Å². The zero-order chi connectivity index (χ0) is 9.10. The SMILES string of the molecule is Cc1ncccc1Oc1ccon1. The van der Waals surface area contributed by atoms with Crippen molar-refractivity contribution in [3.8, 4) is 11.6 Å². The highest BCUT2D eigenvalue weighted by molar-refractivity contribution is 5.28. The highest BCUT2D eigenvalue weighted by Crippen LogP contribution is 2.20. The normalized spacial score (nSPS) is 9.92. The van der Waals surface area contributed by atoms with E-state index in [4.69, 9.17) is 4.74 Å². The van der Waals surface area contributed by atoms with Crippen molar-refractivity contribution in [3.63, 3.8) is 0 Å². The van der Waals surface area contributed by atoms with Crippen molar-refractivity contribution in [2.45, 2.75) is 6.92 Å². The maximum atomic E-state index is 5.38. The van der Waals surface area contributed by atoms with Crippen LogP contribution in [0.1, 0.15) is 5.69 Å². The molecule has 0 aliphatic heterocycles. The molecule has 0 N–H and O–H groups in total. The number of nitrogens with zero attached hydrogens (tertiary/aromatic N) is 2. The minimum Gasteiger partial charge on any atom is -0.434 e. The monoisotopic (exact) mass is 176 g/mol. The van der Waals surface area contributed by atoms with Crippen LogP contribution in [-0.4, -0.2) is 10.1 Å². The van der Waals surface area contributed by atoms with Crippen LogP contribution in [0.2, 0.25) is 0 Å². The third-order valence-corrected chi connectivity index (χ3v) is 1.59. The van der Waals surface area contributed by atoms with Gasteiger partial charge in [0, 0.05) is 12.3 Å². The summed E-state index contributed by atoms with van der Waals surface area (Å²) in [5.74, 6) is 1.13. The lowest BCUT2D eigenvalue weighted by atomic mass is 10.3. The molecule has 4 heteroatoms. The lowest BCUT2D eigenvalue weighted by molar-refractivity contribution is 0.365. The van der Waals surface area contributed by atoms with Crippen molar-refractivity contribution in [1.29, 1.82) is 0 Å². The molecule has 0 bridgehead atoms. The second kappa shape index (κ2) is 3.26. The molecule has 2 rings (SSSR count). The van der Waals surface area contributed by atoms with E-state index in [1.165, 1.54) is 6.26 Å². The summed E-state index contributed by atoms with van der Waals surface area (Å²) in [6, 6.07) is 5.28. The largest absolute Gasteiger partial charge is 0.434 e. The van der Waals surface area contributed by atoms with Gasteiger partial charge in [-0.2, -0.15) is 0 Å². The molecule has 0 amide bonds. The van der Waals surface area contributed by atoms with Gasteiger partial charge >= 0.3 is 0 Å². The molecule has 66 valence electrons. The van der Waals surface area contributed by atoms with Gasteiger partial charge in [-0.05, 0) is 24.2 Å². The summed E-state index contributed by atoms with van der Waals surface area (Å²) in [6.45, 7) is 1.87. The molecule has 0 aliphatic rings. The van der Waals surface area contributed by atoms with Gasteiger partial charge in [0.05, 0.1) is 5.69 Å². The lowest BCUT2D eigenvalue weighted by Gasteiger charge is -2.02. The van der Waals surface area contributed by atoms with Crippen LogP contribution >= 0.6 is 0 Å². The Labute approximate surface area is 75.2 Å². The molecule has 0 saturated heterocycles. The molecular weight excluding hydrogens is 168 g/mol. The summed E-state index contributed by atoms with van der Waals surface area (Å²) in [5.41, 5.74) is 0.825. The minimum absolute atomic E-state index is 0.441. The Morgan fingerprint density at radius 1 is 1.38 bits per heavy atom. The van der Waals surface area contributed by atoms with Crippen molar-refractivity contribution in [2.24, 2.45) is 0 Å². The summed E-state index contributed by atoms with van der Waals surface area (Å²) in [6.07, 6.45) is 3.17. The third-order valence-electron chi connectivity index (χ3n) is 1.59. The van der Waals surface area contributed by atoms with E-state index >= 15 is 0 Å². The van der Waals surface area contributed by atoms with E-state index in [1.54, 1.807) is 12.3 Å². The minimum atomic E-state index is 0.441. The molecule has 0 spiro atoms. The van der Waals surface area contributed by atoms with E-state index in [0.29, 0.717) is 11.6 Å². The first-order valence-corrected chi connectivity index (χ1v) is 3.86. The first-order valence-electron chi connectivity index (χ1n) is 3.86. The van der Waals surface area contributed by atoms with E-state index in [2.05, 4.69) is 14.7 Å². The standard InChI is InChI=1S/C9H8N2O2/c1-7-8(3-2-5-10-7)13-9-4-6-12-11-9/h2-6H,1H3. The van der Waals surface area contributed by atoms with Gasteiger partial charge in [-0.15, -0.1) is 0 Å². The van der Waals surface area contributed by atoms with Crippen LogP contribution in [0, 0.1) is 6.92 Å². The Morgan fingerprint density at radius 2 is 2.31 bits per heavy atom. The molecule has 0 fully saturated rings. The first kappa shape index (κ1) is 7.79. The molecule has 4 nitrogen and oxygen atoms in total. The van der Waals surface area contributed by atoms with Gasteiger partial charge < -0.3 is 9.26 Å². The van der Waals surface area contributed by atoms with Crippen LogP contribution in [0.4, 0.5) is 0 Å². The average Bonchev–Trinajstić information content (AvgIpc) is 2.61. The van der Waals surface area contributed by atoms with Crippen LogP contribution < -0.4 is 4.74 Å². The fraction of sp³-hybridized carbons (Fsp3) is 0.111. The zero-order valence-corrected chi connectivity index (χ0v) is 7.10. The molecule has 0 radical (unpaired) electrons. The fourth-order valence-corrected chi connectivity index (χ4v) is 0.944. The molecule has 0 saturated carbocycles. The highest BCUT2D eigenvalue weighted by Gasteiger charge is 2.02. The van der Waals surface area contributed by atoms with Crippen molar-refractivity contribution >= 4 is 0 Å². The number of aryl methyl sites for hydroxylation is 1. The van der Waals surface area contributed by atoms with E-state index in [1.807, 2.05) is 19.1 Å². The maximum absolute atomic E-state index is 5.38. The van der Waals surface area contributed by atoms with Gasteiger partial charge in [0.1, 0.15) is 6.26 Å². The Hall–Kier alpha value is -1.84. The quantitative estimate of drug-likeness (QED) is 0.703. The van der Waals surface area contributed by atoms with Crippen LogP contribution in [-0.2, 0) is 0 Å². The van der Waals surface area contributed by atoms with Crippen LogP contribution in [0.15, 0.2) is 35.2 Å². The molecule has 13 heavy (non-hydrogen) atoms. The second-order valence-corrected chi connectivity index (χ2v) is 2.53. The topological polar surface area (TPSA) is 48.2 Å². The van der Waals surface area contributed by atoms with Crippen molar-refractivity contribution in [3.05, 3.63) is 36.4 Å². The molecule has 2 heterocycles. The third kappa shape index (κ3) is 1.66. The molecule has 0 aromatic carbocycles. The highest BCUT2D eigenvalue weighted by atomic mass is 16.5. The number of pyridine rings is 1. The number of aromatic nitrogens is 2. The smallest absolute Gasteiger partial charge is 0.259 e. The Bertz CT molecular complexity index is 384. The molecule has 2 aromatic rings. The van der Waals surface area contributed by atoms with Gasteiger partial charge in [-0.1, -0.05) is 0 Å². The Balaban J connectivity index is 2.24. The van der Waals surface area contributed by atoms with Crippen LogP contribution in [0.25, 0.3) is 0 Å². The van der Waals surface area contributed by atoms with Crippen molar-refractivity contribution < 1.29 is 9.26 Å². The van der Waals surface area contributed by atoms with Gasteiger partial charge in [0.2, 0.25) is 0 Å². The van der Waals surface area contributed by atoms with Crippen LogP contribution in [0.3, 0.4) is 0 Å². The predicted octanol–water partition coefficient (Wildman–Crippen LogP) is 2.17. The molecule has 0 atom stereocenters. The summed E-state index contributed by atoms with van der Waals surface area (Å²) in [5, 5.41) is 3.63.